The van der Waals surface area contributed by atoms with Crippen LogP contribution in [0.15, 0.2) is 65.1 Å². The summed E-state index contributed by atoms with van der Waals surface area (Å²) >= 11 is 9.73. The van der Waals surface area contributed by atoms with Gasteiger partial charge in [-0.15, -0.1) is 0 Å². The largest absolute Gasteiger partial charge is 0.493 e. The highest BCUT2D eigenvalue weighted by Crippen LogP contribution is 2.34. The Hall–Kier alpha value is -2.41. The Labute approximate surface area is 202 Å². The lowest BCUT2D eigenvalue weighted by Gasteiger charge is -2.29. The molecule has 32 heavy (non-hydrogen) atoms. The van der Waals surface area contributed by atoms with E-state index in [9.17, 15) is 0 Å². The van der Waals surface area contributed by atoms with Crippen LogP contribution in [0.4, 0.5) is 11.4 Å². The van der Waals surface area contributed by atoms with Gasteiger partial charge in [0.25, 0.3) is 0 Å². The number of methoxy groups -OCH3 is 1. The fraction of sp³-hybridized carbons (Fsp3) is 0.280. The van der Waals surface area contributed by atoms with Crippen LogP contribution >= 0.6 is 27.5 Å². The molecule has 0 radical (unpaired) electrons. The second-order valence-corrected chi connectivity index (χ2v) is 8.80. The standard InChI is InChI=1S/C25H26BrClN2O3/c1-30-24-14-19(23(26)15-25(24)32-17-18-3-2-4-20(27)13-18)16-28-21-5-7-22(8-6-21)29-9-11-31-12-10-29/h2-8,13-15,28H,9-12,16-17H2,1H3. The average molecular weight is 518 g/mol. The van der Waals surface area contributed by atoms with Crippen LogP contribution in [0, 0.1) is 0 Å². The molecule has 1 saturated heterocycles. The predicted octanol–water partition coefficient (Wildman–Crippen LogP) is 6.14. The van der Waals surface area contributed by atoms with Crippen LogP contribution in [0.3, 0.4) is 0 Å². The minimum absolute atomic E-state index is 0.413. The first kappa shape index (κ1) is 22.8. The van der Waals surface area contributed by atoms with E-state index >= 15 is 0 Å². The number of anilines is 2. The third-order valence-electron chi connectivity index (χ3n) is 5.34. The van der Waals surface area contributed by atoms with Crippen molar-refractivity contribution in [2.45, 2.75) is 13.2 Å². The summed E-state index contributed by atoms with van der Waals surface area (Å²) in [5.41, 5.74) is 4.37. The number of halogens is 2. The quantitative estimate of drug-likeness (QED) is 0.389. The molecule has 1 aliphatic heterocycles. The molecule has 7 heteroatoms. The summed E-state index contributed by atoms with van der Waals surface area (Å²) in [6.45, 7) is 4.51. The fourth-order valence-corrected chi connectivity index (χ4v) is 4.26. The van der Waals surface area contributed by atoms with Crippen molar-refractivity contribution in [2.75, 3.05) is 43.6 Å². The number of hydrogen-bond donors (Lipinski definition) is 1. The van der Waals surface area contributed by atoms with Gasteiger partial charge in [0, 0.05) is 40.5 Å². The van der Waals surface area contributed by atoms with Crippen LogP contribution in [0.2, 0.25) is 5.02 Å². The molecule has 0 spiro atoms. The summed E-state index contributed by atoms with van der Waals surface area (Å²) in [4.78, 5) is 2.34. The Morgan fingerprint density at radius 3 is 2.53 bits per heavy atom. The van der Waals surface area contributed by atoms with E-state index in [1.165, 1.54) is 5.69 Å². The summed E-state index contributed by atoms with van der Waals surface area (Å²) in [6.07, 6.45) is 0. The summed E-state index contributed by atoms with van der Waals surface area (Å²) in [5.74, 6) is 1.37. The van der Waals surface area contributed by atoms with Gasteiger partial charge in [-0.2, -0.15) is 0 Å². The second kappa shape index (κ2) is 10.9. The average Bonchev–Trinajstić information content (AvgIpc) is 2.83. The highest BCUT2D eigenvalue weighted by Gasteiger charge is 2.12. The highest BCUT2D eigenvalue weighted by atomic mass is 79.9. The molecule has 1 N–H and O–H groups in total. The lowest BCUT2D eigenvalue weighted by Crippen LogP contribution is -2.36. The molecule has 0 aliphatic carbocycles. The van der Waals surface area contributed by atoms with Gasteiger partial charge in [0.05, 0.1) is 20.3 Å². The third-order valence-corrected chi connectivity index (χ3v) is 6.32. The minimum atomic E-state index is 0.413. The number of hydrogen-bond acceptors (Lipinski definition) is 5. The Kier molecular flexibility index (Phi) is 7.79. The first-order valence-electron chi connectivity index (χ1n) is 10.5. The van der Waals surface area contributed by atoms with Crippen molar-refractivity contribution in [2.24, 2.45) is 0 Å². The van der Waals surface area contributed by atoms with E-state index in [0.29, 0.717) is 29.7 Å². The van der Waals surface area contributed by atoms with Crippen molar-refractivity contribution in [1.29, 1.82) is 0 Å². The molecule has 0 atom stereocenters. The van der Waals surface area contributed by atoms with Crippen LogP contribution in [0.5, 0.6) is 11.5 Å². The normalized spacial score (nSPS) is 13.7. The van der Waals surface area contributed by atoms with Crippen LogP contribution in [0.1, 0.15) is 11.1 Å². The zero-order valence-electron chi connectivity index (χ0n) is 17.9. The lowest BCUT2D eigenvalue weighted by molar-refractivity contribution is 0.122. The van der Waals surface area contributed by atoms with Gasteiger partial charge in [0.1, 0.15) is 6.61 Å². The number of nitrogens with one attached hydrogen (secondary N) is 1. The van der Waals surface area contributed by atoms with Gasteiger partial charge in [-0.3, -0.25) is 0 Å². The van der Waals surface area contributed by atoms with Gasteiger partial charge in [-0.1, -0.05) is 39.7 Å². The van der Waals surface area contributed by atoms with Crippen molar-refractivity contribution >= 4 is 38.9 Å². The van der Waals surface area contributed by atoms with Crippen molar-refractivity contribution in [1.82, 2.24) is 0 Å². The SMILES string of the molecule is COc1cc(CNc2ccc(N3CCOCC3)cc2)c(Br)cc1OCc1cccc(Cl)c1. The molecule has 5 nitrogen and oxygen atoms in total. The summed E-state index contributed by atoms with van der Waals surface area (Å²) in [7, 11) is 1.65. The molecular weight excluding hydrogens is 492 g/mol. The van der Waals surface area contributed by atoms with Crippen LogP contribution < -0.4 is 19.7 Å². The maximum atomic E-state index is 6.06. The molecule has 4 rings (SSSR count). The van der Waals surface area contributed by atoms with Gasteiger partial charge in [0.15, 0.2) is 11.5 Å². The van der Waals surface area contributed by atoms with Crippen molar-refractivity contribution in [3.63, 3.8) is 0 Å². The topological polar surface area (TPSA) is 43.0 Å². The Morgan fingerprint density at radius 1 is 1.03 bits per heavy atom. The number of benzene rings is 3. The molecule has 0 unspecified atom stereocenters. The molecule has 1 fully saturated rings. The monoisotopic (exact) mass is 516 g/mol. The molecule has 0 aromatic heterocycles. The maximum Gasteiger partial charge on any atom is 0.162 e. The van der Waals surface area contributed by atoms with Gasteiger partial charge < -0.3 is 24.4 Å². The van der Waals surface area contributed by atoms with Gasteiger partial charge in [-0.25, -0.2) is 0 Å². The predicted molar refractivity (Wildman–Crippen MR) is 133 cm³/mol. The number of morpholine rings is 1. The molecule has 1 aliphatic rings. The van der Waals surface area contributed by atoms with E-state index in [4.69, 9.17) is 25.8 Å². The molecule has 1 heterocycles. The molecule has 0 saturated carbocycles. The summed E-state index contributed by atoms with van der Waals surface area (Å²) < 4.78 is 17.9. The first-order valence-corrected chi connectivity index (χ1v) is 11.7. The smallest absolute Gasteiger partial charge is 0.162 e. The van der Waals surface area contributed by atoms with Crippen LogP contribution in [0.25, 0.3) is 0 Å². The highest BCUT2D eigenvalue weighted by molar-refractivity contribution is 9.10. The number of nitrogens with zero attached hydrogens (tertiary/aromatic N) is 1. The van der Waals surface area contributed by atoms with Crippen molar-refractivity contribution in [3.05, 3.63) is 81.3 Å². The first-order chi connectivity index (χ1) is 15.6. The van der Waals surface area contributed by atoms with Crippen LogP contribution in [-0.4, -0.2) is 33.4 Å². The molecule has 0 amide bonds. The van der Waals surface area contributed by atoms with E-state index in [0.717, 1.165) is 47.6 Å². The van der Waals surface area contributed by atoms with Gasteiger partial charge in [0.2, 0.25) is 0 Å². The molecule has 3 aromatic rings. The Bertz CT molecular complexity index is 1040. The lowest BCUT2D eigenvalue weighted by atomic mass is 10.2. The Balaban J connectivity index is 1.39. The molecule has 3 aromatic carbocycles. The number of ether oxygens (including phenoxy) is 3. The molecular formula is C25H26BrClN2O3. The van der Waals surface area contributed by atoms with Gasteiger partial charge >= 0.3 is 0 Å². The zero-order valence-corrected chi connectivity index (χ0v) is 20.3. The van der Waals surface area contributed by atoms with E-state index in [2.05, 4.69) is 50.4 Å². The maximum absolute atomic E-state index is 6.06. The summed E-state index contributed by atoms with van der Waals surface area (Å²) in [6, 6.07) is 20.1. The molecule has 168 valence electrons. The van der Waals surface area contributed by atoms with E-state index in [-0.39, 0.29) is 0 Å². The van der Waals surface area contributed by atoms with Crippen molar-refractivity contribution < 1.29 is 14.2 Å². The van der Waals surface area contributed by atoms with E-state index in [1.807, 2.05) is 36.4 Å². The van der Waals surface area contributed by atoms with Gasteiger partial charge in [-0.05, 0) is 59.7 Å². The fourth-order valence-electron chi connectivity index (χ4n) is 3.58. The van der Waals surface area contributed by atoms with Crippen molar-refractivity contribution in [3.8, 4) is 11.5 Å². The number of rotatable bonds is 8. The summed E-state index contributed by atoms with van der Waals surface area (Å²) in [5, 5.41) is 4.18. The minimum Gasteiger partial charge on any atom is -0.493 e. The Morgan fingerprint density at radius 2 is 1.81 bits per heavy atom. The van der Waals surface area contributed by atoms with E-state index in [1.54, 1.807) is 7.11 Å². The van der Waals surface area contributed by atoms with E-state index < -0.39 is 0 Å². The second-order valence-electron chi connectivity index (χ2n) is 7.51. The third kappa shape index (κ3) is 5.88. The van der Waals surface area contributed by atoms with Crippen LogP contribution in [-0.2, 0) is 17.9 Å². The zero-order chi connectivity index (χ0) is 22.3. The molecule has 0 bridgehead atoms.